The van der Waals surface area contributed by atoms with Gasteiger partial charge in [-0.25, -0.2) is 0 Å². The van der Waals surface area contributed by atoms with Crippen LogP contribution in [0.5, 0.6) is 0 Å². The fourth-order valence-corrected chi connectivity index (χ4v) is 1.14. The zero-order valence-corrected chi connectivity index (χ0v) is 7.10. The molecule has 0 saturated heterocycles. The quantitative estimate of drug-likeness (QED) is 0.622. The Hall–Kier alpha value is -1.58. The molecule has 0 aliphatic heterocycles. The number of aromatic nitrogens is 4. The molecule has 0 radical (unpaired) electrons. The fourth-order valence-electron chi connectivity index (χ4n) is 1.14. The second kappa shape index (κ2) is 2.48. The first-order valence-electron chi connectivity index (χ1n) is 3.73. The van der Waals surface area contributed by atoms with Gasteiger partial charge in [0.2, 0.25) is 0 Å². The van der Waals surface area contributed by atoms with Crippen LogP contribution in [-0.2, 0) is 14.1 Å². The molecule has 0 fully saturated rings. The Morgan fingerprint density at radius 1 is 0.917 bits per heavy atom. The smallest absolute Gasteiger partial charge is 0.0569 e. The third-order valence-corrected chi connectivity index (χ3v) is 1.74. The molecule has 0 aliphatic rings. The summed E-state index contributed by atoms with van der Waals surface area (Å²) in [6.07, 6.45) is 7.60. The molecule has 0 atom stereocenters. The van der Waals surface area contributed by atoms with E-state index in [0.717, 1.165) is 11.1 Å². The van der Waals surface area contributed by atoms with Crippen molar-refractivity contribution < 1.29 is 0 Å². The van der Waals surface area contributed by atoms with Crippen LogP contribution in [0.1, 0.15) is 0 Å². The van der Waals surface area contributed by atoms with E-state index in [1.54, 1.807) is 9.36 Å². The lowest BCUT2D eigenvalue weighted by molar-refractivity contribution is 0.767. The zero-order valence-electron chi connectivity index (χ0n) is 7.10. The molecular formula is C8H10N4. The third-order valence-electron chi connectivity index (χ3n) is 1.74. The summed E-state index contributed by atoms with van der Waals surface area (Å²) in [5.41, 5.74) is 2.20. The Balaban J connectivity index is 2.43. The molecule has 0 spiro atoms. The van der Waals surface area contributed by atoms with E-state index in [9.17, 15) is 0 Å². The van der Waals surface area contributed by atoms with Crippen molar-refractivity contribution in [3.8, 4) is 11.1 Å². The molecule has 2 aromatic rings. The monoisotopic (exact) mass is 162 g/mol. The Labute approximate surface area is 70.4 Å². The van der Waals surface area contributed by atoms with Crippen LogP contribution in [0.2, 0.25) is 0 Å². The molecule has 4 nitrogen and oxygen atoms in total. The van der Waals surface area contributed by atoms with Crippen LogP contribution >= 0.6 is 0 Å². The van der Waals surface area contributed by atoms with E-state index in [0.29, 0.717) is 0 Å². The summed E-state index contributed by atoms with van der Waals surface area (Å²) >= 11 is 0. The molecule has 0 unspecified atom stereocenters. The van der Waals surface area contributed by atoms with Gasteiger partial charge >= 0.3 is 0 Å². The highest BCUT2D eigenvalue weighted by Crippen LogP contribution is 2.15. The van der Waals surface area contributed by atoms with Crippen LogP contribution in [0.15, 0.2) is 24.8 Å². The first-order valence-corrected chi connectivity index (χ1v) is 3.73. The normalized spacial score (nSPS) is 10.5. The van der Waals surface area contributed by atoms with Crippen molar-refractivity contribution in [2.75, 3.05) is 0 Å². The van der Waals surface area contributed by atoms with E-state index in [2.05, 4.69) is 10.2 Å². The van der Waals surface area contributed by atoms with Gasteiger partial charge < -0.3 is 0 Å². The summed E-state index contributed by atoms with van der Waals surface area (Å²) in [4.78, 5) is 0. The van der Waals surface area contributed by atoms with Crippen LogP contribution in [0.3, 0.4) is 0 Å². The lowest BCUT2D eigenvalue weighted by atomic mass is 10.2. The van der Waals surface area contributed by atoms with Gasteiger partial charge in [-0.1, -0.05) is 0 Å². The molecule has 0 bridgehead atoms. The average Bonchev–Trinajstić information content (AvgIpc) is 2.58. The molecule has 12 heavy (non-hydrogen) atoms. The van der Waals surface area contributed by atoms with E-state index < -0.39 is 0 Å². The Morgan fingerprint density at radius 2 is 1.33 bits per heavy atom. The second-order valence-corrected chi connectivity index (χ2v) is 2.81. The predicted molar refractivity (Wildman–Crippen MR) is 45.4 cm³/mol. The summed E-state index contributed by atoms with van der Waals surface area (Å²) in [5, 5.41) is 8.16. The Kier molecular flexibility index (Phi) is 1.46. The molecule has 2 heterocycles. The van der Waals surface area contributed by atoms with Gasteiger partial charge in [0, 0.05) is 37.6 Å². The average molecular weight is 162 g/mol. The van der Waals surface area contributed by atoms with E-state index in [-0.39, 0.29) is 0 Å². The highest BCUT2D eigenvalue weighted by molar-refractivity contribution is 5.59. The molecule has 0 saturated carbocycles. The van der Waals surface area contributed by atoms with Crippen molar-refractivity contribution in [3.05, 3.63) is 24.8 Å². The van der Waals surface area contributed by atoms with Gasteiger partial charge in [-0.2, -0.15) is 10.2 Å². The fraction of sp³-hybridized carbons (Fsp3) is 0.250. The third kappa shape index (κ3) is 1.11. The van der Waals surface area contributed by atoms with Crippen LogP contribution in [0.25, 0.3) is 11.1 Å². The van der Waals surface area contributed by atoms with Crippen molar-refractivity contribution in [2.45, 2.75) is 0 Å². The number of rotatable bonds is 1. The van der Waals surface area contributed by atoms with Gasteiger partial charge in [0.05, 0.1) is 12.4 Å². The highest BCUT2D eigenvalue weighted by atomic mass is 15.3. The van der Waals surface area contributed by atoms with Crippen LogP contribution in [-0.4, -0.2) is 19.6 Å². The maximum Gasteiger partial charge on any atom is 0.0569 e. The summed E-state index contributed by atoms with van der Waals surface area (Å²) in [6.45, 7) is 0. The number of aryl methyl sites for hydroxylation is 2. The molecule has 0 aliphatic carbocycles. The van der Waals surface area contributed by atoms with E-state index in [4.69, 9.17) is 0 Å². The Bertz CT molecular complexity index is 347. The molecule has 62 valence electrons. The van der Waals surface area contributed by atoms with Crippen LogP contribution in [0.4, 0.5) is 0 Å². The first-order chi connectivity index (χ1) is 5.75. The maximum atomic E-state index is 4.08. The van der Waals surface area contributed by atoms with Gasteiger partial charge in [-0.15, -0.1) is 0 Å². The molecular weight excluding hydrogens is 152 g/mol. The minimum Gasteiger partial charge on any atom is -0.275 e. The number of nitrogens with zero attached hydrogens (tertiary/aromatic N) is 4. The summed E-state index contributed by atoms with van der Waals surface area (Å²) < 4.78 is 3.56. The molecule has 4 heteroatoms. The zero-order chi connectivity index (χ0) is 8.55. The van der Waals surface area contributed by atoms with Crippen molar-refractivity contribution in [3.63, 3.8) is 0 Å². The maximum absolute atomic E-state index is 4.08. The van der Waals surface area contributed by atoms with Crippen LogP contribution < -0.4 is 0 Å². The largest absolute Gasteiger partial charge is 0.275 e. The standard InChI is InChI=1S/C8H10N4/c1-11-5-7(3-9-11)8-4-10-12(2)6-8/h3-6H,1-2H3. The van der Waals surface area contributed by atoms with Gasteiger partial charge in [-0.3, -0.25) is 9.36 Å². The minimum absolute atomic E-state index is 1.10. The number of hydrogen-bond acceptors (Lipinski definition) is 2. The summed E-state index contributed by atoms with van der Waals surface area (Å²) in [5.74, 6) is 0. The van der Waals surface area contributed by atoms with Gasteiger partial charge in [0.15, 0.2) is 0 Å². The predicted octanol–water partition coefficient (Wildman–Crippen LogP) is 0.821. The van der Waals surface area contributed by atoms with Gasteiger partial charge in [0.1, 0.15) is 0 Å². The van der Waals surface area contributed by atoms with E-state index in [1.807, 2.05) is 38.9 Å². The van der Waals surface area contributed by atoms with Gasteiger partial charge in [-0.05, 0) is 0 Å². The van der Waals surface area contributed by atoms with E-state index in [1.165, 1.54) is 0 Å². The topological polar surface area (TPSA) is 35.6 Å². The van der Waals surface area contributed by atoms with Crippen molar-refractivity contribution in [2.24, 2.45) is 14.1 Å². The molecule has 0 amide bonds. The molecule has 2 rings (SSSR count). The SMILES string of the molecule is Cn1cc(-c2cnn(C)c2)cn1. The van der Waals surface area contributed by atoms with E-state index >= 15 is 0 Å². The van der Waals surface area contributed by atoms with Gasteiger partial charge in [0.25, 0.3) is 0 Å². The minimum atomic E-state index is 1.10. The second-order valence-electron chi connectivity index (χ2n) is 2.81. The molecule has 0 aromatic carbocycles. The lowest BCUT2D eigenvalue weighted by Gasteiger charge is -1.86. The first kappa shape index (κ1) is 7.09. The van der Waals surface area contributed by atoms with Crippen LogP contribution in [0, 0.1) is 0 Å². The molecule has 0 N–H and O–H groups in total. The Morgan fingerprint density at radius 3 is 1.58 bits per heavy atom. The highest BCUT2D eigenvalue weighted by Gasteiger charge is 2.00. The van der Waals surface area contributed by atoms with Crippen molar-refractivity contribution in [1.29, 1.82) is 0 Å². The molecule has 2 aromatic heterocycles. The summed E-state index contributed by atoms with van der Waals surface area (Å²) in [7, 11) is 3.81. The summed E-state index contributed by atoms with van der Waals surface area (Å²) in [6, 6.07) is 0. The van der Waals surface area contributed by atoms with Crippen molar-refractivity contribution in [1.82, 2.24) is 19.6 Å². The lowest BCUT2D eigenvalue weighted by Crippen LogP contribution is -1.84. The van der Waals surface area contributed by atoms with Crippen molar-refractivity contribution >= 4 is 0 Å². The number of hydrogen-bond donors (Lipinski definition) is 0.